The molecule has 0 saturated carbocycles. The zero-order valence-electron chi connectivity index (χ0n) is 14.5. The fraction of sp³-hybridized carbons (Fsp3) is 0.316. The van der Waals surface area contributed by atoms with Gasteiger partial charge < -0.3 is 19.7 Å². The number of nitrogens with zero attached hydrogens (tertiary/aromatic N) is 1. The summed E-state index contributed by atoms with van der Waals surface area (Å²) in [6.07, 6.45) is 0.535. The highest BCUT2D eigenvalue weighted by Gasteiger charge is 2.33. The third kappa shape index (κ3) is 3.12. The average molecular weight is 361 g/mol. The molecule has 0 unspecified atom stereocenters. The normalized spacial score (nSPS) is 16.2. The molecule has 0 aromatic heterocycles. The number of carbonyl (C=O) groups excluding carboxylic acids is 1. The minimum atomic E-state index is -0.320. The molecule has 1 atom stereocenters. The maximum Gasteiger partial charge on any atom is 0.257 e. The number of carbonyl (C=O) groups is 1. The van der Waals surface area contributed by atoms with Crippen LogP contribution in [-0.4, -0.2) is 31.6 Å². The van der Waals surface area contributed by atoms with Gasteiger partial charge >= 0.3 is 0 Å². The Morgan fingerprint density at radius 3 is 2.64 bits per heavy atom. The van der Waals surface area contributed by atoms with Crippen molar-refractivity contribution in [3.63, 3.8) is 0 Å². The zero-order valence-corrected chi connectivity index (χ0v) is 15.3. The maximum absolute atomic E-state index is 12.9. The van der Waals surface area contributed by atoms with Crippen LogP contribution in [0.5, 0.6) is 11.5 Å². The lowest BCUT2D eigenvalue weighted by Gasteiger charge is -2.38. The molecule has 0 saturated heterocycles. The van der Waals surface area contributed by atoms with Crippen LogP contribution in [0.3, 0.4) is 0 Å². The van der Waals surface area contributed by atoms with Gasteiger partial charge in [-0.15, -0.1) is 0 Å². The zero-order chi connectivity index (χ0) is 18.0. The van der Waals surface area contributed by atoms with Crippen LogP contribution in [0.1, 0.15) is 35.4 Å². The smallest absolute Gasteiger partial charge is 0.257 e. The van der Waals surface area contributed by atoms with Gasteiger partial charge in [-0.2, -0.15) is 0 Å². The van der Waals surface area contributed by atoms with Crippen molar-refractivity contribution >= 4 is 23.2 Å². The van der Waals surface area contributed by atoms with E-state index in [0.29, 0.717) is 28.6 Å². The minimum Gasteiger partial charge on any atom is -0.493 e. The first-order valence-electron chi connectivity index (χ1n) is 8.18. The second-order valence-corrected chi connectivity index (χ2v) is 6.24. The SMILES string of the molecule is CCCN1C(=O)c2ccccc2N[C@@H]1c1cc(Cl)c(OC)c(OC)c1. The molecule has 0 aliphatic carbocycles. The number of fused-ring (bicyclic) bond motifs is 1. The number of rotatable bonds is 5. The summed E-state index contributed by atoms with van der Waals surface area (Å²) in [5.41, 5.74) is 2.34. The van der Waals surface area contributed by atoms with Gasteiger partial charge in [-0.3, -0.25) is 4.79 Å². The fourth-order valence-electron chi connectivity index (χ4n) is 3.12. The van der Waals surface area contributed by atoms with Crippen molar-refractivity contribution in [2.45, 2.75) is 19.5 Å². The second kappa shape index (κ2) is 7.23. The Morgan fingerprint density at radius 1 is 1.20 bits per heavy atom. The van der Waals surface area contributed by atoms with Crippen LogP contribution < -0.4 is 14.8 Å². The van der Waals surface area contributed by atoms with Crippen LogP contribution in [0.2, 0.25) is 5.02 Å². The summed E-state index contributed by atoms with van der Waals surface area (Å²) in [6.45, 7) is 2.68. The quantitative estimate of drug-likeness (QED) is 0.862. The molecule has 0 bridgehead atoms. The third-order valence-electron chi connectivity index (χ3n) is 4.26. The van der Waals surface area contributed by atoms with Gasteiger partial charge in [0.2, 0.25) is 0 Å². The van der Waals surface area contributed by atoms with Gasteiger partial charge in [0.1, 0.15) is 6.17 Å². The fourth-order valence-corrected chi connectivity index (χ4v) is 3.42. The first kappa shape index (κ1) is 17.4. The van der Waals surface area contributed by atoms with E-state index in [0.717, 1.165) is 17.7 Å². The second-order valence-electron chi connectivity index (χ2n) is 5.83. The third-order valence-corrected chi connectivity index (χ3v) is 4.54. The Balaban J connectivity index is 2.08. The number of hydrogen-bond donors (Lipinski definition) is 1. The molecule has 5 nitrogen and oxygen atoms in total. The van der Waals surface area contributed by atoms with E-state index < -0.39 is 0 Å². The van der Waals surface area contributed by atoms with Gasteiger partial charge in [-0.25, -0.2) is 0 Å². The van der Waals surface area contributed by atoms with Gasteiger partial charge in [-0.05, 0) is 30.7 Å². The molecule has 2 aromatic rings. The lowest BCUT2D eigenvalue weighted by Crippen LogP contribution is -2.43. The standard InChI is InChI=1S/C19H21ClN2O3/c1-4-9-22-18(21-15-8-6-5-7-13(15)19(22)23)12-10-14(20)17(25-3)16(11-12)24-2/h5-8,10-11,18,21H,4,9H2,1-3H3/t18-/m0/s1. The van der Waals surface area contributed by atoms with Gasteiger partial charge in [0.05, 0.1) is 24.8 Å². The molecular weight excluding hydrogens is 340 g/mol. The lowest BCUT2D eigenvalue weighted by molar-refractivity contribution is 0.0683. The molecule has 6 heteroatoms. The van der Waals surface area contributed by atoms with Crippen LogP contribution in [-0.2, 0) is 0 Å². The lowest BCUT2D eigenvalue weighted by atomic mass is 10.0. The number of nitrogens with one attached hydrogen (secondary N) is 1. The van der Waals surface area contributed by atoms with Crippen LogP contribution in [0.15, 0.2) is 36.4 Å². The van der Waals surface area contributed by atoms with Gasteiger partial charge in [0.25, 0.3) is 5.91 Å². The van der Waals surface area contributed by atoms with Crippen LogP contribution >= 0.6 is 11.6 Å². The van der Waals surface area contributed by atoms with Gasteiger partial charge in [-0.1, -0.05) is 30.7 Å². The first-order chi connectivity index (χ1) is 12.1. The summed E-state index contributed by atoms with van der Waals surface area (Å²) in [5.74, 6) is 1.03. The van der Waals surface area contributed by atoms with Crippen molar-refractivity contribution in [2.75, 3.05) is 26.1 Å². The van der Waals surface area contributed by atoms with E-state index in [1.165, 1.54) is 0 Å². The van der Waals surface area contributed by atoms with Crippen molar-refractivity contribution in [3.8, 4) is 11.5 Å². The Kier molecular flexibility index (Phi) is 5.04. The molecule has 1 heterocycles. The summed E-state index contributed by atoms with van der Waals surface area (Å²) >= 11 is 6.36. The van der Waals surface area contributed by atoms with Crippen molar-refractivity contribution in [1.29, 1.82) is 0 Å². The summed E-state index contributed by atoms with van der Waals surface area (Å²) in [6, 6.07) is 11.2. The van der Waals surface area contributed by atoms with E-state index in [-0.39, 0.29) is 12.1 Å². The average Bonchev–Trinajstić information content (AvgIpc) is 2.63. The predicted molar refractivity (Wildman–Crippen MR) is 98.7 cm³/mol. The van der Waals surface area contributed by atoms with Crippen LogP contribution in [0.25, 0.3) is 0 Å². The highest BCUT2D eigenvalue weighted by atomic mass is 35.5. The molecule has 0 spiro atoms. The molecule has 25 heavy (non-hydrogen) atoms. The molecule has 1 aliphatic heterocycles. The van der Waals surface area contributed by atoms with Crippen molar-refractivity contribution < 1.29 is 14.3 Å². The van der Waals surface area contributed by atoms with E-state index in [4.69, 9.17) is 21.1 Å². The summed E-state index contributed by atoms with van der Waals surface area (Å²) in [4.78, 5) is 14.8. The highest BCUT2D eigenvalue weighted by molar-refractivity contribution is 6.32. The largest absolute Gasteiger partial charge is 0.493 e. The summed E-state index contributed by atoms with van der Waals surface area (Å²) in [7, 11) is 3.11. The molecule has 0 fully saturated rings. The molecule has 1 N–H and O–H groups in total. The monoisotopic (exact) mass is 360 g/mol. The molecule has 132 valence electrons. The van der Waals surface area contributed by atoms with Gasteiger partial charge in [0.15, 0.2) is 11.5 Å². The number of ether oxygens (including phenoxy) is 2. The first-order valence-corrected chi connectivity index (χ1v) is 8.56. The number of anilines is 1. The van der Waals surface area contributed by atoms with Crippen LogP contribution in [0, 0.1) is 0 Å². The molecule has 0 radical (unpaired) electrons. The number of benzene rings is 2. The minimum absolute atomic E-state index is 0.00658. The number of para-hydroxylation sites is 1. The Morgan fingerprint density at radius 2 is 1.96 bits per heavy atom. The van der Waals surface area contributed by atoms with Crippen molar-refractivity contribution in [1.82, 2.24) is 4.90 Å². The van der Waals surface area contributed by atoms with E-state index in [2.05, 4.69) is 5.32 Å². The maximum atomic E-state index is 12.9. The molecule has 2 aromatic carbocycles. The number of amides is 1. The molecule has 3 rings (SSSR count). The Bertz CT molecular complexity index is 794. The van der Waals surface area contributed by atoms with Gasteiger partial charge in [0, 0.05) is 17.8 Å². The molecular formula is C19H21ClN2O3. The Labute approximate surface area is 152 Å². The Hall–Kier alpha value is -2.40. The van der Waals surface area contributed by atoms with E-state index >= 15 is 0 Å². The van der Waals surface area contributed by atoms with Crippen molar-refractivity contribution in [3.05, 3.63) is 52.5 Å². The van der Waals surface area contributed by atoms with E-state index in [9.17, 15) is 4.79 Å². The number of methoxy groups -OCH3 is 2. The van der Waals surface area contributed by atoms with E-state index in [1.807, 2.05) is 48.2 Å². The number of hydrogen-bond acceptors (Lipinski definition) is 4. The van der Waals surface area contributed by atoms with Crippen LogP contribution in [0.4, 0.5) is 5.69 Å². The number of halogens is 1. The van der Waals surface area contributed by atoms with E-state index in [1.54, 1.807) is 14.2 Å². The molecule has 1 aliphatic rings. The van der Waals surface area contributed by atoms with Crippen molar-refractivity contribution in [2.24, 2.45) is 0 Å². The topological polar surface area (TPSA) is 50.8 Å². The highest BCUT2D eigenvalue weighted by Crippen LogP contribution is 2.40. The summed E-state index contributed by atoms with van der Waals surface area (Å²) in [5, 5.41) is 3.89. The predicted octanol–water partition coefficient (Wildman–Crippen LogP) is 4.33. The molecule has 1 amide bonds. The summed E-state index contributed by atoms with van der Waals surface area (Å²) < 4.78 is 10.7.